The lowest BCUT2D eigenvalue weighted by Gasteiger charge is -2.34. The van der Waals surface area contributed by atoms with Gasteiger partial charge in [-0.1, -0.05) is 24.3 Å². The van der Waals surface area contributed by atoms with Crippen molar-refractivity contribution < 1.29 is 9.18 Å². The Morgan fingerprint density at radius 3 is 2.60 bits per heavy atom. The Labute approximate surface area is 89.3 Å². The first-order valence-corrected chi connectivity index (χ1v) is 5.38. The minimum absolute atomic E-state index is 0.0218. The molecule has 80 valence electrons. The molecule has 2 heteroatoms. The molecule has 1 aliphatic carbocycles. The predicted octanol–water partition coefficient (Wildman–Crippen LogP) is 3.32. The van der Waals surface area contributed by atoms with E-state index in [2.05, 4.69) is 0 Å². The van der Waals surface area contributed by atoms with Crippen molar-refractivity contribution in [2.45, 2.75) is 38.3 Å². The molecule has 1 aromatic rings. The van der Waals surface area contributed by atoms with Crippen molar-refractivity contribution in [3.63, 3.8) is 0 Å². The number of hydrogen-bond donors (Lipinski definition) is 0. The second-order valence-corrected chi connectivity index (χ2v) is 4.39. The Kier molecular flexibility index (Phi) is 2.59. The van der Waals surface area contributed by atoms with Gasteiger partial charge in [0.1, 0.15) is 5.67 Å². The summed E-state index contributed by atoms with van der Waals surface area (Å²) >= 11 is 0. The van der Waals surface area contributed by atoms with Crippen molar-refractivity contribution in [3.8, 4) is 0 Å². The first-order valence-electron chi connectivity index (χ1n) is 5.38. The van der Waals surface area contributed by atoms with Crippen LogP contribution in [0.2, 0.25) is 0 Å². The molecular formula is C13H15FO. The zero-order valence-corrected chi connectivity index (χ0v) is 8.92. The van der Waals surface area contributed by atoms with Crippen LogP contribution in [0, 0.1) is 0 Å². The predicted molar refractivity (Wildman–Crippen MR) is 57.8 cm³/mol. The normalized spacial score (nSPS) is 18.3. The molecule has 1 saturated carbocycles. The summed E-state index contributed by atoms with van der Waals surface area (Å²) in [5, 5.41) is 0. The number of hydrogen-bond acceptors (Lipinski definition) is 1. The van der Waals surface area contributed by atoms with Gasteiger partial charge in [-0.25, -0.2) is 4.39 Å². The molecule has 0 unspecified atom stereocenters. The number of benzene rings is 1. The molecule has 0 heterocycles. The maximum absolute atomic E-state index is 13.9. The van der Waals surface area contributed by atoms with Gasteiger partial charge in [0.05, 0.1) is 0 Å². The van der Waals surface area contributed by atoms with Crippen molar-refractivity contribution in [2.24, 2.45) is 0 Å². The lowest BCUT2D eigenvalue weighted by molar-refractivity contribution is 0.0638. The van der Waals surface area contributed by atoms with Crippen molar-refractivity contribution in [1.29, 1.82) is 0 Å². The second kappa shape index (κ2) is 3.76. The van der Waals surface area contributed by atoms with Crippen LogP contribution in [0.1, 0.15) is 42.1 Å². The van der Waals surface area contributed by atoms with Crippen molar-refractivity contribution >= 4 is 5.78 Å². The highest BCUT2D eigenvalue weighted by atomic mass is 19.1. The molecule has 0 spiro atoms. The maximum atomic E-state index is 13.9. The standard InChI is InChI=1S/C13H15FO/c1-10(15)12-6-3-2-5-11(12)9-13(14)7-4-8-13/h2-3,5-6H,4,7-9H2,1H3. The third kappa shape index (κ3) is 2.09. The molecule has 1 nitrogen and oxygen atoms in total. The molecule has 1 aromatic carbocycles. The van der Waals surface area contributed by atoms with E-state index in [1.807, 2.05) is 18.2 Å². The van der Waals surface area contributed by atoms with Crippen LogP contribution in [-0.2, 0) is 6.42 Å². The van der Waals surface area contributed by atoms with Crippen LogP contribution in [0.5, 0.6) is 0 Å². The van der Waals surface area contributed by atoms with Gasteiger partial charge in [0.15, 0.2) is 5.78 Å². The molecule has 0 amide bonds. The average Bonchev–Trinajstić information content (AvgIpc) is 2.16. The number of ketones is 1. The summed E-state index contributed by atoms with van der Waals surface area (Å²) in [6, 6.07) is 7.33. The van der Waals surface area contributed by atoms with Gasteiger partial charge in [0.25, 0.3) is 0 Å². The van der Waals surface area contributed by atoms with Gasteiger partial charge in [-0.3, -0.25) is 4.79 Å². The summed E-state index contributed by atoms with van der Waals surface area (Å²) in [6.45, 7) is 1.53. The van der Waals surface area contributed by atoms with Gasteiger partial charge in [-0.05, 0) is 31.7 Å². The Hall–Kier alpha value is -1.18. The van der Waals surface area contributed by atoms with Gasteiger partial charge in [0, 0.05) is 12.0 Å². The SMILES string of the molecule is CC(=O)c1ccccc1CC1(F)CCC1. The van der Waals surface area contributed by atoms with E-state index in [0.29, 0.717) is 24.8 Å². The van der Waals surface area contributed by atoms with Crippen LogP contribution in [0.3, 0.4) is 0 Å². The second-order valence-electron chi connectivity index (χ2n) is 4.39. The van der Waals surface area contributed by atoms with Gasteiger partial charge in [-0.2, -0.15) is 0 Å². The van der Waals surface area contributed by atoms with E-state index < -0.39 is 5.67 Å². The number of Topliss-reactive ketones (excluding diaryl/α,β-unsaturated/α-hetero) is 1. The summed E-state index contributed by atoms with van der Waals surface area (Å²) in [4.78, 5) is 11.3. The fraction of sp³-hybridized carbons (Fsp3) is 0.462. The Balaban J connectivity index is 2.23. The molecule has 0 saturated heterocycles. The van der Waals surface area contributed by atoms with E-state index in [9.17, 15) is 9.18 Å². The van der Waals surface area contributed by atoms with E-state index >= 15 is 0 Å². The Morgan fingerprint density at radius 2 is 2.07 bits per heavy atom. The molecule has 0 atom stereocenters. The summed E-state index contributed by atoms with van der Waals surface area (Å²) < 4.78 is 13.9. The van der Waals surface area contributed by atoms with Crippen LogP contribution in [0.25, 0.3) is 0 Å². The van der Waals surface area contributed by atoms with Crippen LogP contribution in [0.4, 0.5) is 4.39 Å². The van der Waals surface area contributed by atoms with Crippen LogP contribution in [-0.4, -0.2) is 11.5 Å². The minimum atomic E-state index is -1.05. The Morgan fingerprint density at radius 1 is 1.40 bits per heavy atom. The topological polar surface area (TPSA) is 17.1 Å². The quantitative estimate of drug-likeness (QED) is 0.693. The highest BCUT2D eigenvalue weighted by molar-refractivity contribution is 5.95. The lowest BCUT2D eigenvalue weighted by Crippen LogP contribution is -2.34. The number of alkyl halides is 1. The molecule has 1 fully saturated rings. The molecule has 0 bridgehead atoms. The van der Waals surface area contributed by atoms with E-state index in [1.165, 1.54) is 6.92 Å². The van der Waals surface area contributed by atoms with Gasteiger partial charge < -0.3 is 0 Å². The summed E-state index contributed by atoms with van der Waals surface area (Å²) in [5.41, 5.74) is 0.472. The fourth-order valence-electron chi connectivity index (χ4n) is 2.10. The monoisotopic (exact) mass is 206 g/mol. The molecule has 1 aliphatic rings. The largest absolute Gasteiger partial charge is 0.295 e. The number of carbonyl (C=O) groups is 1. The third-order valence-corrected chi connectivity index (χ3v) is 3.15. The van der Waals surface area contributed by atoms with E-state index in [1.54, 1.807) is 6.07 Å². The number of halogens is 1. The molecule has 2 rings (SSSR count). The van der Waals surface area contributed by atoms with E-state index in [-0.39, 0.29) is 5.78 Å². The summed E-state index contributed by atoms with van der Waals surface area (Å²) in [6.07, 6.45) is 2.64. The van der Waals surface area contributed by atoms with Crippen LogP contribution in [0.15, 0.2) is 24.3 Å². The van der Waals surface area contributed by atoms with Crippen LogP contribution >= 0.6 is 0 Å². The van der Waals surface area contributed by atoms with E-state index in [0.717, 1.165) is 12.0 Å². The summed E-state index contributed by atoms with van der Waals surface area (Å²) in [7, 11) is 0. The van der Waals surface area contributed by atoms with Gasteiger partial charge in [0.2, 0.25) is 0 Å². The first kappa shape index (κ1) is 10.3. The fourth-order valence-corrected chi connectivity index (χ4v) is 2.10. The third-order valence-electron chi connectivity index (χ3n) is 3.15. The first-order chi connectivity index (χ1) is 7.11. The average molecular weight is 206 g/mol. The number of rotatable bonds is 3. The van der Waals surface area contributed by atoms with Gasteiger partial charge in [-0.15, -0.1) is 0 Å². The zero-order valence-electron chi connectivity index (χ0n) is 8.92. The van der Waals surface area contributed by atoms with Crippen molar-refractivity contribution in [1.82, 2.24) is 0 Å². The molecule has 0 aromatic heterocycles. The molecule has 0 N–H and O–H groups in total. The number of carbonyl (C=O) groups excluding carboxylic acids is 1. The summed E-state index contributed by atoms with van der Waals surface area (Å²) in [5.74, 6) is 0.0218. The van der Waals surface area contributed by atoms with Crippen molar-refractivity contribution in [3.05, 3.63) is 35.4 Å². The lowest BCUT2D eigenvalue weighted by atomic mass is 9.77. The van der Waals surface area contributed by atoms with Gasteiger partial charge >= 0.3 is 0 Å². The molecular weight excluding hydrogens is 191 g/mol. The molecule has 0 radical (unpaired) electrons. The highest BCUT2D eigenvalue weighted by Gasteiger charge is 2.37. The molecule has 15 heavy (non-hydrogen) atoms. The Bertz CT molecular complexity index is 380. The highest BCUT2D eigenvalue weighted by Crippen LogP contribution is 2.39. The zero-order chi connectivity index (χ0) is 10.9. The smallest absolute Gasteiger partial charge is 0.160 e. The molecule has 0 aliphatic heterocycles. The van der Waals surface area contributed by atoms with E-state index in [4.69, 9.17) is 0 Å². The van der Waals surface area contributed by atoms with Crippen molar-refractivity contribution in [2.75, 3.05) is 0 Å². The van der Waals surface area contributed by atoms with Crippen LogP contribution < -0.4 is 0 Å². The maximum Gasteiger partial charge on any atom is 0.160 e. The minimum Gasteiger partial charge on any atom is -0.295 e.